The quantitative estimate of drug-likeness (QED) is 0.269. The first-order chi connectivity index (χ1) is 17.3. The summed E-state index contributed by atoms with van der Waals surface area (Å²) >= 11 is 0. The van der Waals surface area contributed by atoms with Crippen LogP contribution in [0.1, 0.15) is 61.3 Å². The maximum Gasteiger partial charge on any atom is 0.101 e. The van der Waals surface area contributed by atoms with Gasteiger partial charge in [0.05, 0.1) is 33.9 Å². The van der Waals surface area contributed by atoms with Crippen molar-refractivity contribution in [1.82, 2.24) is 4.57 Å². The SMILES string of the molecule is C=C.C=Cc1c(C=C)c(/C=C\C)n(-c2cc(N(C(=C)C)C(=C)/C=C\C)c(C#N)cc2C#N)c1/C=C\C. The average Bonchev–Trinajstić information content (AvgIpc) is 3.17. The van der Waals surface area contributed by atoms with Crippen LogP contribution in [0.3, 0.4) is 0 Å². The van der Waals surface area contributed by atoms with Crippen molar-refractivity contribution in [2.24, 2.45) is 0 Å². The molecule has 2 rings (SSSR count). The molecule has 0 bridgehead atoms. The number of hydrogen-bond donors (Lipinski definition) is 0. The third-order valence-electron chi connectivity index (χ3n) is 5.25. The molecule has 0 spiro atoms. The van der Waals surface area contributed by atoms with Crippen molar-refractivity contribution in [3.8, 4) is 17.8 Å². The van der Waals surface area contributed by atoms with E-state index in [0.29, 0.717) is 33.9 Å². The molecule has 4 heteroatoms. The van der Waals surface area contributed by atoms with E-state index >= 15 is 0 Å². The summed E-state index contributed by atoms with van der Waals surface area (Å²) < 4.78 is 2.01. The van der Waals surface area contributed by atoms with Crippen molar-refractivity contribution in [3.63, 3.8) is 0 Å². The zero-order valence-electron chi connectivity index (χ0n) is 21.8. The summed E-state index contributed by atoms with van der Waals surface area (Å²) in [6, 6.07) is 7.97. The first-order valence-corrected chi connectivity index (χ1v) is 11.4. The molecular weight excluding hydrogens is 440 g/mol. The molecule has 1 heterocycles. The summed E-state index contributed by atoms with van der Waals surface area (Å²) in [5.41, 5.74) is 6.86. The molecule has 1 aromatic carbocycles. The van der Waals surface area contributed by atoms with E-state index in [0.717, 1.165) is 22.5 Å². The maximum atomic E-state index is 10.1. The van der Waals surface area contributed by atoms with Crippen LogP contribution in [0.15, 0.2) is 87.3 Å². The molecule has 0 saturated heterocycles. The summed E-state index contributed by atoms with van der Waals surface area (Å²) in [6.07, 6.45) is 15.1. The molecule has 0 atom stereocenters. The summed E-state index contributed by atoms with van der Waals surface area (Å²) in [6.45, 7) is 29.9. The first kappa shape index (κ1) is 29.2. The van der Waals surface area contributed by atoms with E-state index < -0.39 is 0 Å². The van der Waals surface area contributed by atoms with Crippen molar-refractivity contribution in [2.45, 2.75) is 27.7 Å². The molecule has 1 aromatic heterocycles. The maximum absolute atomic E-state index is 10.1. The van der Waals surface area contributed by atoms with Gasteiger partial charge in [0.25, 0.3) is 0 Å². The molecule has 0 unspecified atom stereocenters. The highest BCUT2D eigenvalue weighted by molar-refractivity contribution is 5.82. The van der Waals surface area contributed by atoms with Crippen molar-refractivity contribution >= 4 is 30.0 Å². The Balaban J connectivity index is 0.00000316. The molecule has 2 aromatic rings. The van der Waals surface area contributed by atoms with Gasteiger partial charge >= 0.3 is 0 Å². The molecule has 4 nitrogen and oxygen atoms in total. The van der Waals surface area contributed by atoms with Gasteiger partial charge in [0.15, 0.2) is 0 Å². The minimum atomic E-state index is 0.356. The van der Waals surface area contributed by atoms with E-state index in [1.54, 1.807) is 18.2 Å². The lowest BCUT2D eigenvalue weighted by Crippen LogP contribution is -2.20. The van der Waals surface area contributed by atoms with Gasteiger partial charge in [-0.15, -0.1) is 13.2 Å². The minimum Gasteiger partial charge on any atom is -0.314 e. The Bertz CT molecular complexity index is 1300. The number of aromatic nitrogens is 1. The van der Waals surface area contributed by atoms with Gasteiger partial charge in [-0.2, -0.15) is 10.5 Å². The van der Waals surface area contributed by atoms with Gasteiger partial charge in [0.2, 0.25) is 0 Å². The van der Waals surface area contributed by atoms with Gasteiger partial charge in [-0.3, -0.25) is 0 Å². The van der Waals surface area contributed by atoms with Gasteiger partial charge in [-0.25, -0.2) is 0 Å². The summed E-state index contributed by atoms with van der Waals surface area (Å²) in [5.74, 6) is 0. The zero-order chi connectivity index (χ0) is 27.4. The van der Waals surface area contributed by atoms with E-state index in [1.165, 1.54) is 0 Å². The molecule has 0 aliphatic carbocycles. The molecule has 0 aliphatic rings. The number of anilines is 1. The van der Waals surface area contributed by atoms with Crippen LogP contribution in [0.25, 0.3) is 30.0 Å². The Morgan fingerprint density at radius 1 is 0.861 bits per heavy atom. The molecule has 0 amide bonds. The Kier molecular flexibility index (Phi) is 11.2. The summed E-state index contributed by atoms with van der Waals surface area (Å²) in [7, 11) is 0. The number of benzene rings is 1. The van der Waals surface area contributed by atoms with Gasteiger partial charge in [-0.05, 0) is 58.1 Å². The van der Waals surface area contributed by atoms with Crippen LogP contribution in [0, 0.1) is 22.7 Å². The van der Waals surface area contributed by atoms with Crippen LogP contribution >= 0.6 is 0 Å². The molecule has 36 heavy (non-hydrogen) atoms. The van der Waals surface area contributed by atoms with E-state index in [-0.39, 0.29) is 0 Å². The summed E-state index contributed by atoms with van der Waals surface area (Å²) in [4.78, 5) is 1.82. The van der Waals surface area contributed by atoms with Gasteiger partial charge in [0.1, 0.15) is 12.1 Å². The lowest BCUT2D eigenvalue weighted by molar-refractivity contribution is 1.03. The first-order valence-electron chi connectivity index (χ1n) is 11.4. The second-order valence-corrected chi connectivity index (χ2v) is 7.51. The van der Waals surface area contributed by atoms with Crippen molar-refractivity contribution in [3.05, 3.63) is 121 Å². The Morgan fingerprint density at radius 2 is 1.36 bits per heavy atom. The second-order valence-electron chi connectivity index (χ2n) is 7.51. The van der Waals surface area contributed by atoms with Crippen LogP contribution in [0.4, 0.5) is 5.69 Å². The van der Waals surface area contributed by atoms with E-state index in [2.05, 4.69) is 51.6 Å². The number of hydrogen-bond acceptors (Lipinski definition) is 3. The highest BCUT2D eigenvalue weighted by Crippen LogP contribution is 2.37. The smallest absolute Gasteiger partial charge is 0.101 e. The second kappa shape index (κ2) is 13.8. The molecule has 0 aliphatic heterocycles. The Hall–Kier alpha value is -4.80. The van der Waals surface area contributed by atoms with Gasteiger partial charge in [-0.1, -0.05) is 56.7 Å². The number of nitrogens with zero attached hydrogens (tertiary/aromatic N) is 4. The van der Waals surface area contributed by atoms with Crippen LogP contribution in [-0.2, 0) is 0 Å². The standard InChI is InChI=1S/C30H30N4.C2H4/c1-9-14-22(8)33(21(6)7)29-18-30(24(20-32)17-23(29)19-31)34-27(15-10-2)25(12-4)26(13-5)28(34)16-11-3;1-2/h9-18H,4-6,8H2,1-3,7H3;1-2H2/b14-9-,15-10-,16-11-;. The molecule has 182 valence electrons. The van der Waals surface area contributed by atoms with Crippen molar-refractivity contribution in [2.75, 3.05) is 4.90 Å². The molecular formula is C32H34N4. The van der Waals surface area contributed by atoms with E-state index in [4.69, 9.17) is 0 Å². The fourth-order valence-electron chi connectivity index (χ4n) is 3.98. The zero-order valence-corrected chi connectivity index (χ0v) is 21.8. The van der Waals surface area contributed by atoms with Crippen LogP contribution in [-0.4, -0.2) is 4.57 Å². The molecule has 0 N–H and O–H groups in total. The van der Waals surface area contributed by atoms with Crippen molar-refractivity contribution < 1.29 is 0 Å². The Labute approximate surface area is 216 Å². The average molecular weight is 475 g/mol. The number of nitriles is 2. The largest absolute Gasteiger partial charge is 0.314 e. The minimum absolute atomic E-state index is 0.356. The van der Waals surface area contributed by atoms with E-state index in [1.807, 2.05) is 79.7 Å². The molecule has 0 radical (unpaired) electrons. The predicted octanol–water partition coefficient (Wildman–Crippen LogP) is 8.80. The third-order valence-corrected chi connectivity index (χ3v) is 5.25. The molecule has 0 fully saturated rings. The lowest BCUT2D eigenvalue weighted by Gasteiger charge is -2.27. The topological polar surface area (TPSA) is 55.8 Å². The number of rotatable bonds is 9. The fourth-order valence-corrected chi connectivity index (χ4v) is 3.98. The van der Waals surface area contributed by atoms with Crippen LogP contribution < -0.4 is 4.90 Å². The fraction of sp³-hybridized carbons (Fsp3) is 0.125. The predicted molar refractivity (Wildman–Crippen MR) is 157 cm³/mol. The van der Waals surface area contributed by atoms with Crippen molar-refractivity contribution in [1.29, 1.82) is 10.5 Å². The normalized spacial score (nSPS) is 10.5. The number of allylic oxidation sites excluding steroid dienone is 5. The lowest BCUT2D eigenvalue weighted by atomic mass is 10.0. The van der Waals surface area contributed by atoms with Crippen LogP contribution in [0.2, 0.25) is 0 Å². The Morgan fingerprint density at radius 3 is 1.72 bits per heavy atom. The monoisotopic (exact) mass is 474 g/mol. The van der Waals surface area contributed by atoms with Gasteiger partial charge < -0.3 is 9.47 Å². The highest BCUT2D eigenvalue weighted by Gasteiger charge is 2.23. The summed E-state index contributed by atoms with van der Waals surface area (Å²) in [5, 5.41) is 20.0. The molecule has 0 saturated carbocycles. The third kappa shape index (κ3) is 5.63. The van der Waals surface area contributed by atoms with E-state index in [9.17, 15) is 10.5 Å². The van der Waals surface area contributed by atoms with Crippen LogP contribution in [0.5, 0.6) is 0 Å². The van der Waals surface area contributed by atoms with Gasteiger partial charge in [0, 0.05) is 22.5 Å². The highest BCUT2D eigenvalue weighted by atomic mass is 15.2.